The molecular formula is C13H18BrN3O2. The van der Waals surface area contributed by atoms with Crippen LogP contribution in [-0.2, 0) is 4.79 Å². The number of nitrogens with zero attached hydrogens (tertiary/aromatic N) is 1. The highest BCUT2D eigenvalue weighted by atomic mass is 79.9. The Morgan fingerprint density at radius 1 is 1.37 bits per heavy atom. The van der Waals surface area contributed by atoms with Crippen molar-refractivity contribution in [2.75, 3.05) is 7.05 Å². The van der Waals surface area contributed by atoms with Crippen LogP contribution in [0.25, 0.3) is 0 Å². The molecule has 5 nitrogen and oxygen atoms in total. The molecule has 104 valence electrons. The zero-order valence-electron chi connectivity index (χ0n) is 11.2. The first-order valence-corrected chi connectivity index (χ1v) is 6.88. The number of hydrogen-bond acceptors (Lipinski definition) is 3. The summed E-state index contributed by atoms with van der Waals surface area (Å²) in [6.07, 6.45) is 0.583. The maximum absolute atomic E-state index is 12.0. The van der Waals surface area contributed by atoms with E-state index >= 15 is 0 Å². The summed E-state index contributed by atoms with van der Waals surface area (Å²) >= 11 is 3.21. The molecule has 1 aromatic rings. The van der Waals surface area contributed by atoms with E-state index in [1.54, 1.807) is 25.2 Å². The van der Waals surface area contributed by atoms with Gasteiger partial charge >= 0.3 is 0 Å². The van der Waals surface area contributed by atoms with Crippen molar-refractivity contribution < 1.29 is 9.59 Å². The second-order valence-electron chi connectivity index (χ2n) is 4.62. The van der Waals surface area contributed by atoms with Gasteiger partial charge in [-0.2, -0.15) is 0 Å². The van der Waals surface area contributed by atoms with E-state index in [0.29, 0.717) is 16.9 Å². The van der Waals surface area contributed by atoms with Crippen LogP contribution in [0.3, 0.4) is 0 Å². The Balaban J connectivity index is 2.78. The summed E-state index contributed by atoms with van der Waals surface area (Å²) in [5.74, 6) is -0.245. The molecule has 2 N–H and O–H groups in total. The largest absolute Gasteiger partial charge is 0.357 e. The predicted octanol–water partition coefficient (Wildman–Crippen LogP) is 1.73. The van der Waals surface area contributed by atoms with Crippen molar-refractivity contribution in [2.24, 2.45) is 5.92 Å². The monoisotopic (exact) mass is 327 g/mol. The van der Waals surface area contributed by atoms with Crippen LogP contribution in [-0.4, -0.2) is 29.9 Å². The second-order valence-corrected chi connectivity index (χ2v) is 5.43. The summed E-state index contributed by atoms with van der Waals surface area (Å²) in [6.45, 7) is 4.00. The number of rotatable bonds is 5. The van der Waals surface area contributed by atoms with Gasteiger partial charge in [0.25, 0.3) is 5.91 Å². The third-order valence-corrected chi connectivity index (χ3v) is 2.96. The normalized spacial score (nSPS) is 12.1. The summed E-state index contributed by atoms with van der Waals surface area (Å²) in [4.78, 5) is 27.8. The average molecular weight is 328 g/mol. The lowest BCUT2D eigenvalue weighted by Gasteiger charge is -2.18. The van der Waals surface area contributed by atoms with Gasteiger partial charge in [-0.3, -0.25) is 9.59 Å². The fourth-order valence-electron chi connectivity index (χ4n) is 1.64. The molecule has 0 saturated heterocycles. The lowest BCUT2D eigenvalue weighted by atomic mass is 10.0. The number of hydrogen-bond donors (Lipinski definition) is 2. The number of aromatic nitrogens is 1. The molecule has 0 aliphatic heterocycles. The SMILES string of the molecule is CNC(=O)C(CC(C)C)NC(=O)c1cccc(Br)n1. The van der Waals surface area contributed by atoms with Gasteiger partial charge in [0.05, 0.1) is 0 Å². The van der Waals surface area contributed by atoms with E-state index in [4.69, 9.17) is 0 Å². The number of carbonyl (C=O) groups is 2. The number of pyridine rings is 1. The van der Waals surface area contributed by atoms with Crippen molar-refractivity contribution in [1.82, 2.24) is 15.6 Å². The smallest absolute Gasteiger partial charge is 0.270 e. The Morgan fingerprint density at radius 2 is 2.05 bits per heavy atom. The maximum Gasteiger partial charge on any atom is 0.270 e. The van der Waals surface area contributed by atoms with Crippen LogP contribution < -0.4 is 10.6 Å². The molecule has 6 heteroatoms. The molecular weight excluding hydrogens is 310 g/mol. The van der Waals surface area contributed by atoms with E-state index in [-0.39, 0.29) is 17.5 Å². The lowest BCUT2D eigenvalue weighted by molar-refractivity contribution is -0.122. The molecule has 0 bridgehead atoms. The van der Waals surface area contributed by atoms with Crippen LogP contribution >= 0.6 is 15.9 Å². The average Bonchev–Trinajstić information content (AvgIpc) is 2.36. The molecule has 0 saturated carbocycles. The molecule has 0 spiro atoms. The van der Waals surface area contributed by atoms with Crippen molar-refractivity contribution in [3.05, 3.63) is 28.5 Å². The van der Waals surface area contributed by atoms with Gasteiger partial charge in [-0.15, -0.1) is 0 Å². The van der Waals surface area contributed by atoms with Gasteiger partial charge in [0, 0.05) is 7.05 Å². The summed E-state index contributed by atoms with van der Waals surface area (Å²) < 4.78 is 0.584. The minimum absolute atomic E-state index is 0.197. The first-order chi connectivity index (χ1) is 8.93. The lowest BCUT2D eigenvalue weighted by Crippen LogP contribution is -2.46. The standard InChI is InChI=1S/C13H18BrN3O2/c1-8(2)7-10(12(18)15-3)17-13(19)9-5-4-6-11(14)16-9/h4-6,8,10H,7H2,1-3H3,(H,15,18)(H,17,19). The molecule has 0 aliphatic rings. The first-order valence-electron chi connectivity index (χ1n) is 6.09. The molecule has 0 fully saturated rings. The molecule has 2 amide bonds. The first kappa shape index (κ1) is 15.6. The van der Waals surface area contributed by atoms with Gasteiger partial charge in [-0.25, -0.2) is 4.98 Å². The number of halogens is 1. The van der Waals surface area contributed by atoms with Gasteiger partial charge in [0.15, 0.2) is 0 Å². The Bertz CT molecular complexity index is 463. The second kappa shape index (κ2) is 7.23. The Hall–Kier alpha value is -1.43. The topological polar surface area (TPSA) is 71.1 Å². The van der Waals surface area contributed by atoms with Crippen LogP contribution in [0.2, 0.25) is 0 Å². The van der Waals surface area contributed by atoms with E-state index in [1.165, 1.54) is 0 Å². The summed E-state index contributed by atoms with van der Waals surface area (Å²) in [5, 5.41) is 5.26. The van der Waals surface area contributed by atoms with Gasteiger partial charge in [-0.05, 0) is 40.4 Å². The quantitative estimate of drug-likeness (QED) is 0.809. The Morgan fingerprint density at radius 3 is 2.58 bits per heavy atom. The van der Waals surface area contributed by atoms with Gasteiger partial charge in [-0.1, -0.05) is 19.9 Å². The van der Waals surface area contributed by atoms with Crippen molar-refractivity contribution >= 4 is 27.7 Å². The molecule has 1 unspecified atom stereocenters. The summed E-state index contributed by atoms with van der Waals surface area (Å²) in [6, 6.07) is 4.53. The highest BCUT2D eigenvalue weighted by Crippen LogP contribution is 2.08. The van der Waals surface area contributed by atoms with E-state index in [1.807, 2.05) is 13.8 Å². The summed E-state index contributed by atoms with van der Waals surface area (Å²) in [5.41, 5.74) is 0.284. The molecule has 1 atom stereocenters. The van der Waals surface area contributed by atoms with Crippen molar-refractivity contribution in [3.63, 3.8) is 0 Å². The number of likely N-dealkylation sites (N-methyl/N-ethyl adjacent to an activating group) is 1. The van der Waals surface area contributed by atoms with E-state index < -0.39 is 6.04 Å². The molecule has 1 heterocycles. The van der Waals surface area contributed by atoms with Crippen LogP contribution in [0.4, 0.5) is 0 Å². The third-order valence-electron chi connectivity index (χ3n) is 2.52. The van der Waals surface area contributed by atoms with E-state index in [9.17, 15) is 9.59 Å². The van der Waals surface area contributed by atoms with E-state index in [2.05, 4.69) is 31.5 Å². The van der Waals surface area contributed by atoms with E-state index in [0.717, 1.165) is 0 Å². The van der Waals surface area contributed by atoms with Crippen molar-refractivity contribution in [1.29, 1.82) is 0 Å². The van der Waals surface area contributed by atoms with Crippen molar-refractivity contribution in [3.8, 4) is 0 Å². The minimum atomic E-state index is -0.543. The molecule has 19 heavy (non-hydrogen) atoms. The van der Waals surface area contributed by atoms with Crippen molar-refractivity contribution in [2.45, 2.75) is 26.3 Å². The molecule has 0 aromatic carbocycles. The Labute approximate surface area is 121 Å². The third kappa shape index (κ3) is 4.98. The Kier molecular flexibility index (Phi) is 5.95. The fourth-order valence-corrected chi connectivity index (χ4v) is 1.99. The van der Waals surface area contributed by atoms with Gasteiger partial charge in [0.2, 0.25) is 5.91 Å². The zero-order chi connectivity index (χ0) is 14.4. The molecule has 1 rings (SSSR count). The zero-order valence-corrected chi connectivity index (χ0v) is 12.8. The highest BCUT2D eigenvalue weighted by Gasteiger charge is 2.21. The maximum atomic E-state index is 12.0. The van der Waals surface area contributed by atoms with Gasteiger partial charge < -0.3 is 10.6 Å². The van der Waals surface area contributed by atoms with Crippen LogP contribution in [0.5, 0.6) is 0 Å². The summed E-state index contributed by atoms with van der Waals surface area (Å²) in [7, 11) is 1.55. The number of carbonyl (C=O) groups excluding carboxylic acids is 2. The molecule has 0 radical (unpaired) electrons. The fraction of sp³-hybridized carbons (Fsp3) is 0.462. The number of amides is 2. The minimum Gasteiger partial charge on any atom is -0.357 e. The van der Waals surface area contributed by atoms with Crippen LogP contribution in [0.1, 0.15) is 30.8 Å². The number of nitrogens with one attached hydrogen (secondary N) is 2. The van der Waals surface area contributed by atoms with Crippen LogP contribution in [0, 0.1) is 5.92 Å². The molecule has 0 aliphatic carbocycles. The predicted molar refractivity (Wildman–Crippen MR) is 76.7 cm³/mol. The molecule has 1 aromatic heterocycles. The highest BCUT2D eigenvalue weighted by molar-refractivity contribution is 9.10. The van der Waals surface area contributed by atoms with Crippen LogP contribution in [0.15, 0.2) is 22.8 Å². The van der Waals surface area contributed by atoms with Gasteiger partial charge in [0.1, 0.15) is 16.3 Å².